The Balaban J connectivity index is 1.63. The van der Waals surface area contributed by atoms with Crippen molar-refractivity contribution in [3.63, 3.8) is 0 Å². The number of nitrogens with one attached hydrogen (secondary N) is 2. The summed E-state index contributed by atoms with van der Waals surface area (Å²) in [6.45, 7) is 0. The van der Waals surface area contributed by atoms with E-state index in [0.717, 1.165) is 10.6 Å². The van der Waals surface area contributed by atoms with Gasteiger partial charge in [0.25, 0.3) is 0 Å². The first-order valence-corrected chi connectivity index (χ1v) is 9.71. The third kappa shape index (κ3) is 5.09. The lowest BCUT2D eigenvalue weighted by atomic mass is 10.1. The lowest BCUT2D eigenvalue weighted by molar-refractivity contribution is 0.262. The highest BCUT2D eigenvalue weighted by atomic mass is 32.1. The van der Waals surface area contributed by atoms with Crippen molar-refractivity contribution in [2.45, 2.75) is 6.42 Å². The molecule has 0 spiro atoms. The topological polar surface area (TPSA) is 104 Å². The van der Waals surface area contributed by atoms with Crippen LogP contribution in [0.4, 0.5) is 15.6 Å². The molecule has 2 N–H and O–H groups in total. The van der Waals surface area contributed by atoms with Gasteiger partial charge in [-0.2, -0.15) is 0 Å². The summed E-state index contributed by atoms with van der Waals surface area (Å²) in [5, 5.41) is 14.7. The largest absolute Gasteiger partial charge is 0.497 e. The smallest absolute Gasteiger partial charge is 0.325 e. The minimum absolute atomic E-state index is 0.385. The van der Waals surface area contributed by atoms with Crippen LogP contribution in [0.25, 0.3) is 0 Å². The molecule has 2 amide bonds. The number of carbonyl (C=O) groups excluding carboxylic acids is 1. The molecule has 10 heteroatoms. The Morgan fingerprint density at radius 2 is 1.63 bits per heavy atom. The van der Waals surface area contributed by atoms with E-state index in [1.807, 2.05) is 18.2 Å². The van der Waals surface area contributed by atoms with Gasteiger partial charge in [0.05, 0.1) is 34.1 Å². The van der Waals surface area contributed by atoms with Crippen molar-refractivity contribution >= 4 is 28.2 Å². The van der Waals surface area contributed by atoms with Gasteiger partial charge in [0.2, 0.25) is 5.13 Å². The van der Waals surface area contributed by atoms with Gasteiger partial charge in [0.1, 0.15) is 16.5 Å². The van der Waals surface area contributed by atoms with E-state index in [9.17, 15) is 4.79 Å². The summed E-state index contributed by atoms with van der Waals surface area (Å²) in [5.74, 6) is 2.41. The second-order valence-corrected chi connectivity index (χ2v) is 7.07. The zero-order chi connectivity index (χ0) is 21.5. The SMILES string of the molecule is COc1ccc(NC(=O)Nc2nnc(Cc3ccc(OC)c(OC)c3)s2)c(OC)c1. The normalized spacial score (nSPS) is 10.3. The Morgan fingerprint density at radius 3 is 2.33 bits per heavy atom. The molecule has 3 aromatic rings. The quantitative estimate of drug-likeness (QED) is 0.560. The standard InChI is InChI=1S/C20H22N4O5S/c1-26-13-6-7-14(16(11-13)28-3)21-19(25)22-20-24-23-18(30-20)10-12-5-8-15(27-2)17(9-12)29-4/h5-9,11H,10H2,1-4H3,(H2,21,22,24,25). The zero-order valence-corrected chi connectivity index (χ0v) is 17.8. The van der Waals surface area contributed by atoms with Crippen LogP contribution in [-0.4, -0.2) is 44.7 Å². The second kappa shape index (κ2) is 9.79. The van der Waals surface area contributed by atoms with Crippen molar-refractivity contribution in [1.29, 1.82) is 0 Å². The number of methoxy groups -OCH3 is 4. The number of ether oxygens (including phenoxy) is 4. The number of hydrogen-bond donors (Lipinski definition) is 2. The van der Waals surface area contributed by atoms with Gasteiger partial charge in [-0.05, 0) is 29.8 Å². The fraction of sp³-hybridized carbons (Fsp3) is 0.250. The molecule has 9 nitrogen and oxygen atoms in total. The van der Waals surface area contributed by atoms with E-state index in [1.165, 1.54) is 18.4 Å². The number of nitrogens with zero attached hydrogens (tertiary/aromatic N) is 2. The van der Waals surface area contributed by atoms with E-state index in [4.69, 9.17) is 18.9 Å². The zero-order valence-electron chi connectivity index (χ0n) is 17.0. The number of urea groups is 1. The van der Waals surface area contributed by atoms with Gasteiger partial charge in [-0.15, -0.1) is 10.2 Å². The fourth-order valence-electron chi connectivity index (χ4n) is 2.69. The number of anilines is 2. The summed E-state index contributed by atoms with van der Waals surface area (Å²) in [6, 6.07) is 10.3. The van der Waals surface area contributed by atoms with Crippen LogP contribution in [0.2, 0.25) is 0 Å². The van der Waals surface area contributed by atoms with Crippen LogP contribution in [0, 0.1) is 0 Å². The molecule has 0 aliphatic heterocycles. The number of hydrogen-bond acceptors (Lipinski definition) is 8. The molecule has 0 atom stereocenters. The second-order valence-electron chi connectivity index (χ2n) is 6.01. The Labute approximate surface area is 177 Å². The molecule has 158 valence electrons. The number of rotatable bonds is 8. The molecule has 0 radical (unpaired) electrons. The summed E-state index contributed by atoms with van der Waals surface area (Å²) >= 11 is 1.29. The van der Waals surface area contributed by atoms with Gasteiger partial charge < -0.3 is 24.3 Å². The lowest BCUT2D eigenvalue weighted by Crippen LogP contribution is -2.19. The van der Waals surface area contributed by atoms with Crippen LogP contribution in [0.3, 0.4) is 0 Å². The minimum Gasteiger partial charge on any atom is -0.497 e. The first-order valence-electron chi connectivity index (χ1n) is 8.89. The van der Waals surface area contributed by atoms with Gasteiger partial charge in [-0.3, -0.25) is 5.32 Å². The minimum atomic E-state index is -0.452. The first kappa shape index (κ1) is 21.2. The Bertz CT molecular complexity index is 1020. The van der Waals surface area contributed by atoms with E-state index < -0.39 is 6.03 Å². The third-order valence-corrected chi connectivity index (χ3v) is 4.99. The molecule has 0 saturated carbocycles. The maximum absolute atomic E-state index is 12.3. The van der Waals surface area contributed by atoms with Gasteiger partial charge in [0, 0.05) is 12.5 Å². The van der Waals surface area contributed by atoms with Crippen molar-refractivity contribution < 1.29 is 23.7 Å². The summed E-state index contributed by atoms with van der Waals surface area (Å²) in [5.41, 5.74) is 1.49. The molecule has 0 saturated heterocycles. The summed E-state index contributed by atoms with van der Waals surface area (Å²) < 4.78 is 21.0. The molecule has 2 aromatic carbocycles. The van der Waals surface area contributed by atoms with Gasteiger partial charge in [-0.25, -0.2) is 4.79 Å². The average Bonchev–Trinajstić information content (AvgIpc) is 3.20. The maximum atomic E-state index is 12.3. The Morgan fingerprint density at radius 1 is 0.867 bits per heavy atom. The van der Waals surface area contributed by atoms with E-state index >= 15 is 0 Å². The van der Waals surface area contributed by atoms with Crippen LogP contribution >= 0.6 is 11.3 Å². The summed E-state index contributed by atoms with van der Waals surface area (Å²) in [6.07, 6.45) is 0.549. The van der Waals surface area contributed by atoms with Gasteiger partial charge >= 0.3 is 6.03 Å². The van der Waals surface area contributed by atoms with E-state index in [0.29, 0.717) is 40.2 Å². The molecule has 0 aliphatic rings. The predicted molar refractivity (Wildman–Crippen MR) is 114 cm³/mol. The predicted octanol–water partition coefficient (Wildman–Crippen LogP) is 3.81. The molecule has 3 rings (SSSR count). The van der Waals surface area contributed by atoms with Crippen LogP contribution in [0.1, 0.15) is 10.6 Å². The lowest BCUT2D eigenvalue weighted by Gasteiger charge is -2.11. The highest BCUT2D eigenvalue weighted by molar-refractivity contribution is 7.15. The molecule has 0 fully saturated rings. The molecular weight excluding hydrogens is 408 g/mol. The maximum Gasteiger partial charge on any atom is 0.325 e. The molecule has 0 aliphatic carbocycles. The molecular formula is C20H22N4O5S. The van der Waals surface area contributed by atoms with Crippen molar-refractivity contribution in [3.05, 3.63) is 47.0 Å². The number of carbonyl (C=O) groups is 1. The molecule has 0 bridgehead atoms. The van der Waals surface area contributed by atoms with Gasteiger partial charge in [-0.1, -0.05) is 17.4 Å². The molecule has 1 aromatic heterocycles. The molecule has 30 heavy (non-hydrogen) atoms. The summed E-state index contributed by atoms with van der Waals surface area (Å²) in [4.78, 5) is 12.3. The van der Waals surface area contributed by atoms with Crippen molar-refractivity contribution in [2.24, 2.45) is 0 Å². The highest BCUT2D eigenvalue weighted by Crippen LogP contribution is 2.30. The Hall–Kier alpha value is -3.53. The van der Waals surface area contributed by atoms with Gasteiger partial charge in [0.15, 0.2) is 11.5 Å². The summed E-state index contributed by atoms with van der Waals surface area (Å²) in [7, 11) is 6.25. The number of benzene rings is 2. The number of aromatic nitrogens is 2. The number of amides is 2. The van der Waals surface area contributed by atoms with Crippen molar-refractivity contribution in [1.82, 2.24) is 10.2 Å². The fourth-order valence-corrected chi connectivity index (χ4v) is 3.46. The highest BCUT2D eigenvalue weighted by Gasteiger charge is 2.13. The van der Waals surface area contributed by atoms with E-state index in [-0.39, 0.29) is 0 Å². The average molecular weight is 430 g/mol. The molecule has 0 unspecified atom stereocenters. The monoisotopic (exact) mass is 430 g/mol. The van der Waals surface area contributed by atoms with E-state index in [2.05, 4.69) is 20.8 Å². The van der Waals surface area contributed by atoms with Crippen LogP contribution < -0.4 is 29.6 Å². The van der Waals surface area contributed by atoms with Crippen LogP contribution in [-0.2, 0) is 6.42 Å². The third-order valence-electron chi connectivity index (χ3n) is 4.15. The van der Waals surface area contributed by atoms with Crippen LogP contribution in [0.15, 0.2) is 36.4 Å². The van der Waals surface area contributed by atoms with Crippen LogP contribution in [0.5, 0.6) is 23.0 Å². The van der Waals surface area contributed by atoms with E-state index in [1.54, 1.807) is 39.5 Å². The van der Waals surface area contributed by atoms with Crippen molar-refractivity contribution in [3.8, 4) is 23.0 Å². The Kier molecular flexibility index (Phi) is 6.91. The first-order chi connectivity index (χ1) is 14.6. The van der Waals surface area contributed by atoms with Crippen molar-refractivity contribution in [2.75, 3.05) is 39.1 Å². The molecule has 1 heterocycles.